The van der Waals surface area contributed by atoms with E-state index in [0.29, 0.717) is 5.75 Å². The summed E-state index contributed by atoms with van der Waals surface area (Å²) in [7, 11) is 1.40. The Balaban J connectivity index is 2.33. The molecule has 0 bridgehead atoms. The van der Waals surface area contributed by atoms with E-state index in [-0.39, 0.29) is 16.9 Å². The minimum Gasteiger partial charge on any atom is -0.495 e. The largest absolute Gasteiger partial charge is 0.495 e. The Bertz CT molecular complexity index is 751. The van der Waals surface area contributed by atoms with Crippen LogP contribution in [-0.2, 0) is 0 Å². The van der Waals surface area contributed by atoms with Gasteiger partial charge in [0.1, 0.15) is 11.4 Å². The number of carboxylic acid groups (broad SMARTS) is 1. The van der Waals surface area contributed by atoms with E-state index in [1.165, 1.54) is 43.5 Å². The summed E-state index contributed by atoms with van der Waals surface area (Å²) in [6.07, 6.45) is 0. The van der Waals surface area contributed by atoms with Crippen LogP contribution in [0.5, 0.6) is 5.75 Å². The normalized spacial score (nSPS) is 9.95. The molecule has 1 aromatic carbocycles. The number of methoxy groups -OCH3 is 1. The van der Waals surface area contributed by atoms with Gasteiger partial charge in [-0.3, -0.25) is 9.59 Å². The summed E-state index contributed by atoms with van der Waals surface area (Å²) in [5, 5.41) is 11.5. The van der Waals surface area contributed by atoms with Gasteiger partial charge in [0.15, 0.2) is 0 Å². The highest BCUT2D eigenvalue weighted by Crippen LogP contribution is 2.25. The summed E-state index contributed by atoms with van der Waals surface area (Å²) < 4.78 is 5.06. The molecule has 0 aliphatic rings. The molecule has 2 rings (SSSR count). The summed E-state index contributed by atoms with van der Waals surface area (Å²) in [5.74, 6) is -1.39. The fourth-order valence-corrected chi connectivity index (χ4v) is 1.71. The van der Waals surface area contributed by atoms with Gasteiger partial charge in [0.25, 0.3) is 5.91 Å². The van der Waals surface area contributed by atoms with E-state index in [2.05, 4.69) is 10.3 Å². The maximum atomic E-state index is 12.0. The molecule has 108 valence electrons. The summed E-state index contributed by atoms with van der Waals surface area (Å²) >= 11 is 0. The molecule has 7 nitrogen and oxygen atoms in total. The number of nitrogens with one attached hydrogen (secondary N) is 2. The number of pyridine rings is 1. The second-order valence-corrected chi connectivity index (χ2v) is 4.10. The van der Waals surface area contributed by atoms with Crippen LogP contribution in [0, 0.1) is 0 Å². The topological polar surface area (TPSA) is 108 Å². The molecule has 1 heterocycles. The van der Waals surface area contributed by atoms with E-state index in [0.717, 1.165) is 0 Å². The van der Waals surface area contributed by atoms with Gasteiger partial charge in [-0.25, -0.2) is 4.79 Å². The molecule has 1 aromatic heterocycles. The molecule has 0 radical (unpaired) electrons. The molecule has 0 spiro atoms. The Labute approximate surface area is 119 Å². The highest BCUT2D eigenvalue weighted by molar-refractivity contribution is 6.04. The Hall–Kier alpha value is -3.09. The van der Waals surface area contributed by atoms with Crippen LogP contribution in [0.2, 0.25) is 0 Å². The summed E-state index contributed by atoms with van der Waals surface area (Å²) in [5.41, 5.74) is -0.140. The SMILES string of the molecule is COc1ccc(C(=O)O)cc1NC(=O)c1cccc(=O)[nH]1. The molecule has 0 unspecified atom stereocenters. The number of aromatic amines is 1. The van der Waals surface area contributed by atoms with E-state index < -0.39 is 17.4 Å². The van der Waals surface area contributed by atoms with Crippen molar-refractivity contribution in [2.45, 2.75) is 0 Å². The third-order valence-corrected chi connectivity index (χ3v) is 2.71. The number of ether oxygens (including phenoxy) is 1. The van der Waals surface area contributed by atoms with Crippen molar-refractivity contribution in [3.63, 3.8) is 0 Å². The van der Waals surface area contributed by atoms with Crippen molar-refractivity contribution < 1.29 is 19.4 Å². The monoisotopic (exact) mass is 288 g/mol. The van der Waals surface area contributed by atoms with Gasteiger partial charge in [-0.2, -0.15) is 0 Å². The standard InChI is InChI=1S/C14H12N2O5/c1-21-11-6-5-8(14(19)20)7-10(11)16-13(18)9-3-2-4-12(17)15-9/h2-7H,1H3,(H,15,17)(H,16,18)(H,19,20). The van der Waals surface area contributed by atoms with Gasteiger partial charge in [0.05, 0.1) is 18.4 Å². The van der Waals surface area contributed by atoms with Gasteiger partial charge < -0.3 is 20.1 Å². The van der Waals surface area contributed by atoms with Crippen LogP contribution in [0.25, 0.3) is 0 Å². The van der Waals surface area contributed by atoms with Crippen molar-refractivity contribution >= 4 is 17.6 Å². The lowest BCUT2D eigenvalue weighted by molar-refractivity contribution is 0.0696. The first kappa shape index (κ1) is 14.3. The third-order valence-electron chi connectivity index (χ3n) is 2.71. The zero-order valence-electron chi connectivity index (χ0n) is 11.0. The second kappa shape index (κ2) is 5.91. The zero-order valence-corrected chi connectivity index (χ0v) is 11.0. The van der Waals surface area contributed by atoms with E-state index >= 15 is 0 Å². The van der Waals surface area contributed by atoms with Crippen molar-refractivity contribution in [1.29, 1.82) is 0 Å². The lowest BCUT2D eigenvalue weighted by Gasteiger charge is -2.10. The first-order chi connectivity index (χ1) is 10.0. The maximum Gasteiger partial charge on any atom is 0.335 e. The van der Waals surface area contributed by atoms with Crippen molar-refractivity contribution in [3.8, 4) is 5.75 Å². The number of amides is 1. The lowest BCUT2D eigenvalue weighted by Crippen LogP contribution is -2.18. The molecule has 1 amide bonds. The first-order valence-corrected chi connectivity index (χ1v) is 5.93. The number of hydrogen-bond donors (Lipinski definition) is 3. The van der Waals surface area contributed by atoms with Gasteiger partial charge in [0, 0.05) is 6.07 Å². The minimum atomic E-state index is -1.12. The van der Waals surface area contributed by atoms with Crippen LogP contribution < -0.4 is 15.6 Å². The highest BCUT2D eigenvalue weighted by atomic mass is 16.5. The molecule has 0 saturated carbocycles. The van der Waals surface area contributed by atoms with Crippen LogP contribution in [0.15, 0.2) is 41.2 Å². The smallest absolute Gasteiger partial charge is 0.335 e. The van der Waals surface area contributed by atoms with Crippen LogP contribution in [-0.4, -0.2) is 29.1 Å². The molecule has 2 aromatic rings. The van der Waals surface area contributed by atoms with Gasteiger partial charge in [-0.1, -0.05) is 6.07 Å². The number of carbonyl (C=O) groups is 2. The number of hydrogen-bond acceptors (Lipinski definition) is 4. The van der Waals surface area contributed by atoms with Gasteiger partial charge >= 0.3 is 5.97 Å². The predicted octanol–water partition coefficient (Wildman–Crippen LogP) is 1.33. The van der Waals surface area contributed by atoms with E-state index in [4.69, 9.17) is 9.84 Å². The van der Waals surface area contributed by atoms with E-state index in [9.17, 15) is 14.4 Å². The van der Waals surface area contributed by atoms with Crippen molar-refractivity contribution in [1.82, 2.24) is 4.98 Å². The number of benzene rings is 1. The van der Waals surface area contributed by atoms with Crippen LogP contribution in [0.1, 0.15) is 20.8 Å². The lowest BCUT2D eigenvalue weighted by atomic mass is 10.2. The average molecular weight is 288 g/mol. The van der Waals surface area contributed by atoms with Crippen molar-refractivity contribution in [3.05, 3.63) is 58.0 Å². The minimum absolute atomic E-state index is 0.00709. The first-order valence-electron chi connectivity index (χ1n) is 5.93. The van der Waals surface area contributed by atoms with Gasteiger partial charge in [-0.05, 0) is 24.3 Å². The number of anilines is 1. The average Bonchev–Trinajstić information content (AvgIpc) is 2.47. The Kier molecular flexibility index (Phi) is 4.03. The second-order valence-electron chi connectivity index (χ2n) is 4.10. The van der Waals surface area contributed by atoms with Crippen molar-refractivity contribution in [2.75, 3.05) is 12.4 Å². The fraction of sp³-hybridized carbons (Fsp3) is 0.0714. The number of aromatic carboxylic acids is 1. The molecule has 3 N–H and O–H groups in total. The fourth-order valence-electron chi connectivity index (χ4n) is 1.71. The Morgan fingerprint density at radius 1 is 1.24 bits per heavy atom. The molecular formula is C14H12N2O5. The third kappa shape index (κ3) is 3.27. The number of aromatic nitrogens is 1. The maximum absolute atomic E-state index is 12.0. The number of H-pyrrole nitrogens is 1. The zero-order chi connectivity index (χ0) is 15.4. The summed E-state index contributed by atoms with van der Waals surface area (Å²) in [6.45, 7) is 0. The van der Waals surface area contributed by atoms with Gasteiger partial charge in [-0.15, -0.1) is 0 Å². The van der Waals surface area contributed by atoms with Crippen LogP contribution >= 0.6 is 0 Å². The highest BCUT2D eigenvalue weighted by Gasteiger charge is 2.13. The molecule has 0 aliphatic heterocycles. The molecular weight excluding hydrogens is 276 g/mol. The predicted molar refractivity (Wildman–Crippen MR) is 75.0 cm³/mol. The molecule has 7 heteroatoms. The molecule has 0 fully saturated rings. The van der Waals surface area contributed by atoms with Gasteiger partial charge in [0.2, 0.25) is 5.56 Å². The number of carbonyl (C=O) groups excluding carboxylic acids is 1. The number of carboxylic acids is 1. The Morgan fingerprint density at radius 3 is 2.62 bits per heavy atom. The number of rotatable bonds is 4. The van der Waals surface area contributed by atoms with Crippen molar-refractivity contribution in [2.24, 2.45) is 0 Å². The Morgan fingerprint density at radius 2 is 2.00 bits per heavy atom. The molecule has 0 aliphatic carbocycles. The molecule has 21 heavy (non-hydrogen) atoms. The van der Waals surface area contributed by atoms with E-state index in [1.54, 1.807) is 0 Å². The van der Waals surface area contributed by atoms with E-state index in [1.807, 2.05) is 0 Å². The summed E-state index contributed by atoms with van der Waals surface area (Å²) in [4.78, 5) is 36.5. The quantitative estimate of drug-likeness (QED) is 0.786. The van der Waals surface area contributed by atoms with Crippen LogP contribution in [0.4, 0.5) is 5.69 Å². The molecule has 0 saturated heterocycles. The molecule has 0 atom stereocenters. The summed E-state index contributed by atoms with van der Waals surface area (Å²) in [6, 6.07) is 8.24. The van der Waals surface area contributed by atoms with Crippen LogP contribution in [0.3, 0.4) is 0 Å².